The molecule has 0 radical (unpaired) electrons. The van der Waals surface area contributed by atoms with Gasteiger partial charge in [-0.25, -0.2) is 0 Å². The minimum absolute atomic E-state index is 0.591. The van der Waals surface area contributed by atoms with Crippen molar-refractivity contribution < 1.29 is 0 Å². The minimum atomic E-state index is 0.591. The number of fused-ring (bicyclic) bond motifs is 10. The molecule has 0 atom stereocenters. The average molecular weight is 717 g/mol. The molecule has 4 nitrogen and oxygen atoms in total. The Morgan fingerprint density at radius 1 is 0.400 bits per heavy atom. The fourth-order valence-electron chi connectivity index (χ4n) is 8.59. The smallest absolute Gasteiger partial charge is 0.0991 e. The monoisotopic (exact) mass is 716 g/mol. The van der Waals surface area contributed by atoms with Crippen LogP contribution in [0.1, 0.15) is 11.1 Å². The predicted molar refractivity (Wildman–Crippen MR) is 228 cm³/mol. The van der Waals surface area contributed by atoms with Gasteiger partial charge in [-0.3, -0.25) is 0 Å². The molecule has 0 bridgehead atoms. The Bertz CT molecular complexity index is 3400. The van der Waals surface area contributed by atoms with Gasteiger partial charge >= 0.3 is 0 Å². The zero-order valence-electron chi connectivity index (χ0n) is 29.4. The van der Waals surface area contributed by atoms with Crippen LogP contribution in [0.2, 0.25) is 0 Å². The van der Waals surface area contributed by atoms with Crippen LogP contribution in [-0.2, 0) is 0 Å². The summed E-state index contributed by atoms with van der Waals surface area (Å²) in [5.74, 6) is 0. The second-order valence-electron chi connectivity index (χ2n) is 14.0. The van der Waals surface area contributed by atoms with E-state index in [1.807, 2.05) is 47.7 Å². The van der Waals surface area contributed by atoms with E-state index in [1.54, 1.807) is 0 Å². The third-order valence-electron chi connectivity index (χ3n) is 11.0. The number of thiophene rings is 1. The van der Waals surface area contributed by atoms with Crippen molar-refractivity contribution in [3.05, 3.63) is 181 Å². The van der Waals surface area contributed by atoms with Gasteiger partial charge in [-0.15, -0.1) is 11.3 Å². The molecule has 3 heterocycles. The van der Waals surface area contributed by atoms with E-state index in [4.69, 9.17) is 0 Å². The minimum Gasteiger partial charge on any atom is -0.309 e. The van der Waals surface area contributed by atoms with Crippen molar-refractivity contribution in [3.63, 3.8) is 0 Å². The highest BCUT2D eigenvalue weighted by molar-refractivity contribution is 7.26. The lowest BCUT2D eigenvalue weighted by atomic mass is 9.94. The third kappa shape index (κ3) is 4.68. The summed E-state index contributed by atoms with van der Waals surface area (Å²) in [4.78, 5) is 0. The Morgan fingerprint density at radius 3 is 1.62 bits per heavy atom. The maximum atomic E-state index is 9.70. The van der Waals surface area contributed by atoms with Crippen molar-refractivity contribution in [2.45, 2.75) is 0 Å². The second kappa shape index (κ2) is 12.0. The molecule has 8 aromatic carbocycles. The molecule has 0 amide bonds. The Kier molecular flexibility index (Phi) is 6.82. The highest BCUT2D eigenvalue weighted by atomic mass is 32.1. The first-order valence-electron chi connectivity index (χ1n) is 18.2. The van der Waals surface area contributed by atoms with Crippen molar-refractivity contribution >= 4 is 75.1 Å². The second-order valence-corrected chi connectivity index (χ2v) is 15.0. The maximum Gasteiger partial charge on any atom is 0.0991 e. The summed E-state index contributed by atoms with van der Waals surface area (Å²) >= 11 is 1.85. The molecule has 254 valence electrons. The van der Waals surface area contributed by atoms with Crippen molar-refractivity contribution in [1.82, 2.24) is 9.13 Å². The van der Waals surface area contributed by atoms with E-state index in [2.05, 4.69) is 155 Å². The SMILES string of the molecule is N#Cc1ccc2c(c1)c1cc(C#N)ccc1n2-c1cccc(-c2ccccc2-c2cccc(-n3c4ccccc4c4ccc5sc6ccccc6c5c43)c2)c1. The van der Waals surface area contributed by atoms with Crippen LogP contribution in [-0.4, -0.2) is 9.13 Å². The summed E-state index contributed by atoms with van der Waals surface area (Å²) in [6, 6.07) is 64.4. The van der Waals surface area contributed by atoms with E-state index >= 15 is 0 Å². The van der Waals surface area contributed by atoms with Gasteiger partial charge in [0, 0.05) is 53.1 Å². The topological polar surface area (TPSA) is 57.4 Å². The molecule has 11 aromatic rings. The van der Waals surface area contributed by atoms with Crippen LogP contribution >= 0.6 is 11.3 Å². The molecular formula is C50H28N4S. The highest BCUT2D eigenvalue weighted by Gasteiger charge is 2.19. The summed E-state index contributed by atoms with van der Waals surface area (Å²) in [5, 5.41) is 26.4. The first-order valence-corrected chi connectivity index (χ1v) is 19.0. The number of hydrogen-bond donors (Lipinski definition) is 0. The number of aromatic nitrogens is 2. The Morgan fingerprint density at radius 2 is 0.964 bits per heavy atom. The number of nitriles is 2. The number of nitrogens with zero attached hydrogens (tertiary/aromatic N) is 4. The van der Waals surface area contributed by atoms with Gasteiger partial charge in [-0.05, 0) is 101 Å². The molecule has 0 fully saturated rings. The van der Waals surface area contributed by atoms with Crippen LogP contribution < -0.4 is 0 Å². The lowest BCUT2D eigenvalue weighted by molar-refractivity contribution is 1.18. The van der Waals surface area contributed by atoms with Crippen LogP contribution in [0.4, 0.5) is 0 Å². The van der Waals surface area contributed by atoms with Gasteiger partial charge < -0.3 is 9.13 Å². The fraction of sp³-hybridized carbons (Fsp3) is 0. The van der Waals surface area contributed by atoms with Crippen molar-refractivity contribution in [2.24, 2.45) is 0 Å². The average Bonchev–Trinajstić information content (AvgIpc) is 3.90. The molecule has 0 aliphatic heterocycles. The maximum absolute atomic E-state index is 9.70. The van der Waals surface area contributed by atoms with Gasteiger partial charge in [0.05, 0.1) is 45.3 Å². The zero-order valence-corrected chi connectivity index (χ0v) is 30.2. The number of rotatable bonds is 4. The first-order chi connectivity index (χ1) is 27.2. The first kappa shape index (κ1) is 31.1. The summed E-state index contributed by atoms with van der Waals surface area (Å²) in [7, 11) is 0. The molecule has 5 heteroatoms. The van der Waals surface area contributed by atoms with E-state index in [-0.39, 0.29) is 0 Å². The number of benzene rings is 8. The summed E-state index contributed by atoms with van der Waals surface area (Å²) in [6.07, 6.45) is 0. The number of hydrogen-bond acceptors (Lipinski definition) is 3. The number of para-hydroxylation sites is 1. The highest BCUT2D eigenvalue weighted by Crippen LogP contribution is 2.44. The van der Waals surface area contributed by atoms with Gasteiger partial charge in [0.25, 0.3) is 0 Å². The van der Waals surface area contributed by atoms with Crippen molar-refractivity contribution in [1.29, 1.82) is 10.5 Å². The molecule has 0 aliphatic rings. The molecule has 55 heavy (non-hydrogen) atoms. The molecule has 0 saturated carbocycles. The van der Waals surface area contributed by atoms with Gasteiger partial charge in [0.15, 0.2) is 0 Å². The van der Waals surface area contributed by atoms with Crippen LogP contribution in [0, 0.1) is 22.7 Å². The van der Waals surface area contributed by atoms with E-state index in [0.29, 0.717) is 11.1 Å². The van der Waals surface area contributed by atoms with Crippen LogP contribution in [0.25, 0.3) is 97.4 Å². The Labute approximate surface area is 320 Å². The lowest BCUT2D eigenvalue weighted by Crippen LogP contribution is -1.96. The van der Waals surface area contributed by atoms with Crippen molar-refractivity contribution in [2.75, 3.05) is 0 Å². The van der Waals surface area contributed by atoms with Crippen molar-refractivity contribution in [3.8, 4) is 45.8 Å². The molecule has 11 rings (SSSR count). The molecule has 0 saturated heterocycles. The fourth-order valence-corrected chi connectivity index (χ4v) is 9.69. The van der Waals surface area contributed by atoms with E-state index < -0.39 is 0 Å². The molecule has 0 aliphatic carbocycles. The summed E-state index contributed by atoms with van der Waals surface area (Å²) < 4.78 is 7.28. The van der Waals surface area contributed by atoms with Gasteiger partial charge in [-0.1, -0.05) is 91.0 Å². The molecule has 0 N–H and O–H groups in total. The standard InChI is InChI=1S/C50H28N4S/c51-29-31-19-22-45-42(25-31)43-26-32(30-52)20-23-46(43)53(45)35-11-7-9-33(27-35)37-13-1-2-14-38(37)34-10-8-12-36(28-34)54-44-17-5-3-15-39(44)40-21-24-48-49(50(40)54)41-16-4-6-18-47(41)55-48/h1-28H. The normalized spacial score (nSPS) is 11.6. The Balaban J connectivity index is 1.10. The molecule has 0 spiro atoms. The molecule has 0 unspecified atom stereocenters. The zero-order chi connectivity index (χ0) is 36.6. The predicted octanol–water partition coefficient (Wildman–Crippen LogP) is 13.3. The summed E-state index contributed by atoms with van der Waals surface area (Å²) in [6.45, 7) is 0. The Hall–Kier alpha value is -7.44. The van der Waals surface area contributed by atoms with Gasteiger partial charge in [0.1, 0.15) is 0 Å². The van der Waals surface area contributed by atoms with Gasteiger partial charge in [0.2, 0.25) is 0 Å². The quantitative estimate of drug-likeness (QED) is 0.182. The molecular weight excluding hydrogens is 689 g/mol. The lowest BCUT2D eigenvalue weighted by Gasteiger charge is -2.15. The van der Waals surface area contributed by atoms with E-state index in [9.17, 15) is 10.5 Å². The third-order valence-corrected chi connectivity index (χ3v) is 12.1. The largest absolute Gasteiger partial charge is 0.309 e. The van der Waals surface area contributed by atoms with Gasteiger partial charge in [-0.2, -0.15) is 10.5 Å². The molecule has 3 aromatic heterocycles. The summed E-state index contributed by atoms with van der Waals surface area (Å²) in [5.41, 5.74) is 12.2. The van der Waals surface area contributed by atoms with E-state index in [1.165, 1.54) is 42.0 Å². The van der Waals surface area contributed by atoms with Crippen LogP contribution in [0.3, 0.4) is 0 Å². The van der Waals surface area contributed by atoms with Crippen LogP contribution in [0.15, 0.2) is 170 Å². The van der Waals surface area contributed by atoms with Crippen LogP contribution in [0.5, 0.6) is 0 Å². The van der Waals surface area contributed by atoms with E-state index in [0.717, 1.165) is 55.4 Å².